The van der Waals surface area contributed by atoms with Gasteiger partial charge in [-0.2, -0.15) is 5.26 Å². The fraction of sp³-hybridized carbons (Fsp3) is 0.455. The molecule has 2 unspecified atom stereocenters. The molecule has 1 aliphatic carbocycles. The Labute approximate surface area is 260 Å². The van der Waals surface area contributed by atoms with E-state index < -0.39 is 5.82 Å². The van der Waals surface area contributed by atoms with Crippen LogP contribution in [0.15, 0.2) is 24.3 Å². The van der Waals surface area contributed by atoms with E-state index >= 15 is 4.39 Å². The Hall–Kier alpha value is -3.09. The van der Waals surface area contributed by atoms with Crippen molar-refractivity contribution in [1.29, 1.82) is 5.26 Å². The Bertz CT molecular complexity index is 1800. The van der Waals surface area contributed by atoms with E-state index in [0.29, 0.717) is 35.2 Å². The van der Waals surface area contributed by atoms with Gasteiger partial charge < -0.3 is 19.7 Å². The molecule has 5 atom stereocenters. The molecule has 5 heterocycles. The molecule has 3 aliphatic heterocycles. The Morgan fingerprint density at radius 3 is 2.74 bits per heavy atom. The van der Waals surface area contributed by atoms with Crippen LogP contribution in [0.25, 0.3) is 32.9 Å². The molecule has 224 valence electrons. The molecule has 2 aromatic carbocycles. The van der Waals surface area contributed by atoms with Gasteiger partial charge >= 0.3 is 0 Å². The second kappa shape index (κ2) is 10.8. The Kier molecular flexibility index (Phi) is 7.21. The van der Waals surface area contributed by atoms with E-state index in [1.165, 1.54) is 12.1 Å². The molecule has 2 aromatic heterocycles. The SMILES string of the molecule is Cc1cc2c(OC(C)C3CCCN3C)nc3c(F)c(-c4cc(O)cc(Cl)c4Cl)c(CCC#N)cc3c2n1[C@H]1[C@H]2CN[C@@H]1C2. The minimum atomic E-state index is -0.577. The number of hydrogen-bond acceptors (Lipinski definition) is 6. The molecule has 2 bridgehead atoms. The molecule has 4 fully saturated rings. The first kappa shape index (κ1) is 28.7. The van der Waals surface area contributed by atoms with Gasteiger partial charge in [0.1, 0.15) is 17.4 Å². The van der Waals surface area contributed by atoms with E-state index in [-0.39, 0.29) is 57.0 Å². The number of pyridine rings is 1. The van der Waals surface area contributed by atoms with Crippen molar-refractivity contribution in [3.8, 4) is 28.8 Å². The third-order valence-electron chi connectivity index (χ3n) is 9.85. The summed E-state index contributed by atoms with van der Waals surface area (Å²) in [6, 6.07) is 9.85. The molecule has 3 saturated heterocycles. The van der Waals surface area contributed by atoms with Gasteiger partial charge in [-0.05, 0) is 82.8 Å². The zero-order valence-electron chi connectivity index (χ0n) is 24.4. The van der Waals surface area contributed by atoms with Crippen molar-refractivity contribution >= 4 is 45.0 Å². The number of likely N-dealkylation sites (N-methyl/N-ethyl adjacent to an activating group) is 1. The molecular weight excluding hydrogens is 588 g/mol. The van der Waals surface area contributed by atoms with Crippen molar-refractivity contribution in [1.82, 2.24) is 19.8 Å². The van der Waals surface area contributed by atoms with Crippen LogP contribution in [0.2, 0.25) is 10.0 Å². The van der Waals surface area contributed by atoms with Gasteiger partial charge in [0.25, 0.3) is 0 Å². The van der Waals surface area contributed by atoms with Crippen molar-refractivity contribution in [2.45, 2.75) is 70.2 Å². The number of phenols is 1. The summed E-state index contributed by atoms with van der Waals surface area (Å²) in [6.07, 6.45) is 3.60. The molecule has 4 aromatic rings. The summed E-state index contributed by atoms with van der Waals surface area (Å²) in [5.74, 6) is 0.209. The molecule has 8 rings (SSSR count). The highest BCUT2D eigenvalue weighted by molar-refractivity contribution is 6.44. The highest BCUT2D eigenvalue weighted by atomic mass is 35.5. The lowest BCUT2D eigenvalue weighted by Gasteiger charge is -2.37. The van der Waals surface area contributed by atoms with Gasteiger partial charge in [0.05, 0.1) is 33.1 Å². The van der Waals surface area contributed by atoms with Gasteiger partial charge in [-0.15, -0.1) is 0 Å². The lowest BCUT2D eigenvalue weighted by molar-refractivity contribution is 0.119. The third kappa shape index (κ3) is 4.55. The number of nitrogens with one attached hydrogen (secondary N) is 1. The molecule has 0 radical (unpaired) electrons. The minimum absolute atomic E-state index is 0.113. The van der Waals surface area contributed by atoms with Crippen molar-refractivity contribution in [2.75, 3.05) is 20.1 Å². The number of aromatic hydroxyl groups is 1. The number of likely N-dealkylation sites (tertiary alicyclic amines) is 1. The normalized spacial score (nSPS) is 24.0. The second-order valence-corrected chi connectivity index (χ2v) is 13.2. The molecule has 0 amide bonds. The topological polar surface area (TPSA) is 86.3 Å². The first-order chi connectivity index (χ1) is 20.7. The van der Waals surface area contributed by atoms with Gasteiger partial charge in [-0.3, -0.25) is 4.90 Å². The molecule has 10 heteroatoms. The first-order valence-corrected chi connectivity index (χ1v) is 15.8. The van der Waals surface area contributed by atoms with Gasteiger partial charge in [0.2, 0.25) is 5.88 Å². The maximum Gasteiger partial charge on any atom is 0.223 e. The van der Waals surface area contributed by atoms with E-state index in [9.17, 15) is 10.4 Å². The first-order valence-electron chi connectivity index (χ1n) is 15.0. The largest absolute Gasteiger partial charge is 0.508 e. The van der Waals surface area contributed by atoms with Crippen LogP contribution in [-0.2, 0) is 6.42 Å². The standard InChI is InChI=1S/C33H34Cl2FN5O2/c1-16-10-23-32(41(16)31-19-12-25(31)38-15-19)22-11-18(6-4-8-37)27(21-13-20(42)14-24(34)28(21)35)29(36)30(22)39-33(23)43-17(2)26-7-5-9-40(26)3/h10-11,13-14,17,19,25-26,31,38,42H,4-7,9,12,15H2,1-3H3/t17?,19-,25-,26?,31+/m1/s1. The van der Waals surface area contributed by atoms with E-state index in [1.54, 1.807) is 0 Å². The number of ether oxygens (including phenoxy) is 1. The molecule has 2 N–H and O–H groups in total. The van der Waals surface area contributed by atoms with E-state index in [0.717, 1.165) is 48.9 Å². The number of phenolic OH excluding ortho intramolecular Hbond substituents is 1. The number of nitrogens with zero attached hydrogens (tertiary/aromatic N) is 4. The average Bonchev–Trinajstić information content (AvgIpc) is 3.76. The Morgan fingerprint density at radius 2 is 2.07 bits per heavy atom. The monoisotopic (exact) mass is 621 g/mol. The smallest absolute Gasteiger partial charge is 0.223 e. The van der Waals surface area contributed by atoms with Gasteiger partial charge in [0.15, 0.2) is 5.82 Å². The van der Waals surface area contributed by atoms with Crippen molar-refractivity contribution in [2.24, 2.45) is 5.92 Å². The summed E-state index contributed by atoms with van der Waals surface area (Å²) in [6.45, 7) is 6.14. The summed E-state index contributed by atoms with van der Waals surface area (Å²) < 4.78 is 26.1. The third-order valence-corrected chi connectivity index (χ3v) is 10.6. The predicted molar refractivity (Wildman–Crippen MR) is 168 cm³/mol. The van der Waals surface area contributed by atoms with Crippen molar-refractivity contribution < 1.29 is 14.2 Å². The van der Waals surface area contributed by atoms with Gasteiger partial charge in [-0.1, -0.05) is 23.2 Å². The van der Waals surface area contributed by atoms with Crippen LogP contribution in [0, 0.1) is 30.0 Å². The summed E-state index contributed by atoms with van der Waals surface area (Å²) in [4.78, 5) is 7.19. The number of aryl methyl sites for hydroxylation is 2. The van der Waals surface area contributed by atoms with Crippen molar-refractivity contribution in [3.63, 3.8) is 0 Å². The number of fused-ring (bicyclic) bond motifs is 4. The zero-order chi connectivity index (χ0) is 30.2. The maximum atomic E-state index is 17.1. The average molecular weight is 623 g/mol. The number of halogens is 3. The van der Waals surface area contributed by atoms with E-state index in [2.05, 4.69) is 47.8 Å². The van der Waals surface area contributed by atoms with Gasteiger partial charge in [0, 0.05) is 53.3 Å². The highest BCUT2D eigenvalue weighted by Crippen LogP contribution is 2.49. The van der Waals surface area contributed by atoms with Crippen LogP contribution in [0.1, 0.15) is 49.9 Å². The van der Waals surface area contributed by atoms with Gasteiger partial charge in [-0.25, -0.2) is 9.37 Å². The van der Waals surface area contributed by atoms with Crippen LogP contribution in [0.4, 0.5) is 4.39 Å². The van der Waals surface area contributed by atoms with Crippen LogP contribution in [0.5, 0.6) is 11.6 Å². The number of rotatable bonds is 7. The lowest BCUT2D eigenvalue weighted by Crippen LogP contribution is -2.39. The number of nitriles is 1. The summed E-state index contributed by atoms with van der Waals surface area (Å²) in [7, 11) is 2.11. The number of benzene rings is 2. The van der Waals surface area contributed by atoms with Crippen LogP contribution in [0.3, 0.4) is 0 Å². The summed E-state index contributed by atoms with van der Waals surface area (Å²) >= 11 is 12.9. The Balaban J connectivity index is 1.52. The molecule has 7 nitrogen and oxygen atoms in total. The summed E-state index contributed by atoms with van der Waals surface area (Å²) in [5.41, 5.74) is 3.20. The number of hydrogen-bond donors (Lipinski definition) is 2. The lowest BCUT2D eigenvalue weighted by atomic mass is 9.79. The highest BCUT2D eigenvalue weighted by Gasteiger charge is 2.48. The minimum Gasteiger partial charge on any atom is -0.508 e. The van der Waals surface area contributed by atoms with Crippen LogP contribution >= 0.6 is 23.2 Å². The van der Waals surface area contributed by atoms with Crippen LogP contribution in [-0.4, -0.2) is 57.9 Å². The fourth-order valence-corrected chi connectivity index (χ4v) is 8.18. The number of aromatic nitrogens is 2. The Morgan fingerprint density at radius 1 is 1.26 bits per heavy atom. The summed E-state index contributed by atoms with van der Waals surface area (Å²) in [5, 5.41) is 25.2. The predicted octanol–water partition coefficient (Wildman–Crippen LogP) is 7.17. The molecule has 0 spiro atoms. The van der Waals surface area contributed by atoms with Crippen LogP contribution < -0.4 is 10.1 Å². The van der Waals surface area contributed by atoms with E-state index in [4.69, 9.17) is 32.9 Å². The molecule has 43 heavy (non-hydrogen) atoms. The van der Waals surface area contributed by atoms with E-state index in [1.807, 2.05) is 6.07 Å². The second-order valence-electron chi connectivity index (χ2n) is 12.4. The van der Waals surface area contributed by atoms with Crippen molar-refractivity contribution in [3.05, 3.63) is 51.4 Å². The maximum absolute atomic E-state index is 17.1. The zero-order valence-corrected chi connectivity index (χ0v) is 25.9. The molecule has 4 aliphatic rings. The quantitative estimate of drug-likeness (QED) is 0.227. The molecule has 1 saturated carbocycles. The molecular formula is C33H34Cl2FN5O2. The fourth-order valence-electron chi connectivity index (χ4n) is 7.77.